The number of fused-ring (bicyclic) bond motifs is 1. The van der Waals surface area contributed by atoms with Gasteiger partial charge in [-0.3, -0.25) is 0 Å². The molecule has 1 aliphatic heterocycles. The molecule has 0 unspecified atom stereocenters. The number of rotatable bonds is 5. The van der Waals surface area contributed by atoms with Crippen LogP contribution in [-0.2, 0) is 13.0 Å². The van der Waals surface area contributed by atoms with Crippen LogP contribution in [0, 0.1) is 6.92 Å². The van der Waals surface area contributed by atoms with Crippen LogP contribution < -0.4 is 5.32 Å². The molecular formula is C16H22N4S. The van der Waals surface area contributed by atoms with E-state index in [1.54, 1.807) is 11.8 Å². The van der Waals surface area contributed by atoms with Gasteiger partial charge in [0.15, 0.2) is 5.16 Å². The maximum Gasteiger partial charge on any atom is 0.191 e. The number of hydrogen-bond donors (Lipinski definition) is 1. The Labute approximate surface area is 130 Å². The number of hydrogen-bond acceptors (Lipinski definition) is 4. The Balaban J connectivity index is 1.51. The molecule has 0 radical (unpaired) electrons. The van der Waals surface area contributed by atoms with Crippen molar-refractivity contribution in [2.75, 3.05) is 17.6 Å². The van der Waals surface area contributed by atoms with E-state index in [9.17, 15) is 0 Å². The van der Waals surface area contributed by atoms with Gasteiger partial charge in [0, 0.05) is 31.0 Å². The normalized spacial score (nSPS) is 14.5. The second kappa shape index (κ2) is 6.98. The smallest absolute Gasteiger partial charge is 0.191 e. The third-order valence-corrected chi connectivity index (χ3v) is 4.72. The third-order valence-electron chi connectivity index (χ3n) is 3.76. The summed E-state index contributed by atoms with van der Waals surface area (Å²) in [5.74, 6) is 2.17. The second-order valence-electron chi connectivity index (χ2n) is 5.51. The molecule has 21 heavy (non-hydrogen) atoms. The quantitative estimate of drug-likeness (QED) is 0.678. The lowest BCUT2D eigenvalue weighted by Crippen LogP contribution is -2.06. The summed E-state index contributed by atoms with van der Waals surface area (Å²) in [7, 11) is 0. The molecule has 112 valence electrons. The molecule has 0 bridgehead atoms. The molecule has 2 aromatic rings. The van der Waals surface area contributed by atoms with Gasteiger partial charge in [-0.1, -0.05) is 30.3 Å². The van der Waals surface area contributed by atoms with Crippen molar-refractivity contribution < 1.29 is 0 Å². The number of benzene rings is 1. The molecule has 1 aromatic carbocycles. The summed E-state index contributed by atoms with van der Waals surface area (Å²) >= 11 is 1.80. The van der Waals surface area contributed by atoms with Crippen LogP contribution in [-0.4, -0.2) is 27.1 Å². The molecule has 0 saturated carbocycles. The lowest BCUT2D eigenvalue weighted by molar-refractivity contribution is 0.591. The molecule has 3 rings (SSSR count). The van der Waals surface area contributed by atoms with E-state index in [-0.39, 0.29) is 0 Å². The van der Waals surface area contributed by atoms with Gasteiger partial charge in [0.2, 0.25) is 0 Å². The summed E-state index contributed by atoms with van der Waals surface area (Å²) in [6.07, 6.45) is 4.88. The van der Waals surface area contributed by atoms with E-state index in [2.05, 4.69) is 51.3 Å². The average molecular weight is 302 g/mol. The largest absolute Gasteiger partial charge is 0.384 e. The summed E-state index contributed by atoms with van der Waals surface area (Å²) in [6.45, 7) is 4.14. The van der Waals surface area contributed by atoms with Crippen LogP contribution in [0.2, 0.25) is 0 Å². The van der Waals surface area contributed by atoms with Crippen molar-refractivity contribution in [1.29, 1.82) is 0 Å². The molecule has 0 saturated heterocycles. The first-order valence-corrected chi connectivity index (χ1v) is 8.67. The van der Waals surface area contributed by atoms with E-state index in [0.717, 1.165) is 30.4 Å². The zero-order valence-electron chi connectivity index (χ0n) is 12.5. The molecule has 1 aliphatic rings. The average Bonchev–Trinajstić information content (AvgIpc) is 2.71. The highest BCUT2D eigenvalue weighted by Gasteiger charge is 2.14. The lowest BCUT2D eigenvalue weighted by atomic mass is 10.2. The molecule has 0 fully saturated rings. The zero-order chi connectivity index (χ0) is 14.5. The van der Waals surface area contributed by atoms with Gasteiger partial charge in [-0.25, -0.2) is 0 Å². The number of nitrogens with zero attached hydrogens (tertiary/aromatic N) is 3. The molecule has 0 spiro atoms. The number of aromatic nitrogens is 3. The first-order valence-electron chi connectivity index (χ1n) is 7.68. The highest BCUT2D eigenvalue weighted by Crippen LogP contribution is 2.21. The van der Waals surface area contributed by atoms with Crippen molar-refractivity contribution in [2.45, 2.75) is 44.3 Å². The van der Waals surface area contributed by atoms with E-state index in [1.807, 2.05) is 0 Å². The highest BCUT2D eigenvalue weighted by atomic mass is 32.2. The topological polar surface area (TPSA) is 42.7 Å². The fourth-order valence-corrected chi connectivity index (χ4v) is 3.50. The van der Waals surface area contributed by atoms with Crippen LogP contribution in [0.1, 0.15) is 30.7 Å². The summed E-state index contributed by atoms with van der Waals surface area (Å²) in [5, 5.41) is 13.2. The summed E-state index contributed by atoms with van der Waals surface area (Å²) in [5.41, 5.74) is 2.48. The Morgan fingerprint density at radius 1 is 1.24 bits per heavy atom. The van der Waals surface area contributed by atoms with E-state index in [1.165, 1.54) is 36.3 Å². The van der Waals surface area contributed by atoms with Gasteiger partial charge in [0.1, 0.15) is 5.82 Å². The number of thioether (sulfide) groups is 1. The van der Waals surface area contributed by atoms with Crippen molar-refractivity contribution in [3.8, 4) is 0 Å². The number of anilines is 1. The van der Waals surface area contributed by atoms with Crippen molar-refractivity contribution in [2.24, 2.45) is 0 Å². The standard InChI is InChI=1S/C16H22N4S/c1-13-6-5-7-14(12-13)17-9-11-21-16-19-18-15-8-3-2-4-10-20(15)16/h5-7,12,17H,2-4,8-11H2,1H3. The molecule has 5 heteroatoms. The van der Waals surface area contributed by atoms with Gasteiger partial charge in [0.05, 0.1) is 0 Å². The first kappa shape index (κ1) is 14.4. The molecular weight excluding hydrogens is 280 g/mol. The minimum Gasteiger partial charge on any atom is -0.384 e. The maximum absolute atomic E-state index is 4.35. The molecule has 4 nitrogen and oxygen atoms in total. The van der Waals surface area contributed by atoms with Crippen molar-refractivity contribution in [3.63, 3.8) is 0 Å². The van der Waals surface area contributed by atoms with Crippen molar-refractivity contribution >= 4 is 17.4 Å². The highest BCUT2D eigenvalue weighted by molar-refractivity contribution is 7.99. The van der Waals surface area contributed by atoms with E-state index in [4.69, 9.17) is 0 Å². The predicted molar refractivity (Wildman–Crippen MR) is 88.0 cm³/mol. The van der Waals surface area contributed by atoms with Gasteiger partial charge in [-0.05, 0) is 37.5 Å². The monoisotopic (exact) mass is 302 g/mol. The Morgan fingerprint density at radius 2 is 2.19 bits per heavy atom. The fraction of sp³-hybridized carbons (Fsp3) is 0.500. The molecule has 1 aromatic heterocycles. The fourth-order valence-electron chi connectivity index (χ4n) is 2.66. The maximum atomic E-state index is 4.35. The van der Waals surface area contributed by atoms with Crippen LogP contribution in [0.3, 0.4) is 0 Å². The van der Waals surface area contributed by atoms with Crippen LogP contribution >= 0.6 is 11.8 Å². The number of aryl methyl sites for hydroxylation is 2. The lowest BCUT2D eigenvalue weighted by Gasteiger charge is -2.08. The molecule has 0 amide bonds. The van der Waals surface area contributed by atoms with Gasteiger partial charge in [-0.15, -0.1) is 10.2 Å². The van der Waals surface area contributed by atoms with E-state index in [0.29, 0.717) is 0 Å². The minimum atomic E-state index is 0.941. The van der Waals surface area contributed by atoms with Crippen LogP contribution in [0.5, 0.6) is 0 Å². The van der Waals surface area contributed by atoms with Crippen LogP contribution in [0.25, 0.3) is 0 Å². The van der Waals surface area contributed by atoms with E-state index >= 15 is 0 Å². The molecule has 1 N–H and O–H groups in total. The van der Waals surface area contributed by atoms with Gasteiger partial charge < -0.3 is 9.88 Å². The third kappa shape index (κ3) is 3.79. The summed E-state index contributed by atoms with van der Waals surface area (Å²) in [4.78, 5) is 0. The van der Waals surface area contributed by atoms with Gasteiger partial charge in [-0.2, -0.15) is 0 Å². The van der Waals surface area contributed by atoms with Crippen LogP contribution in [0.4, 0.5) is 5.69 Å². The Bertz CT molecular complexity index is 594. The Morgan fingerprint density at radius 3 is 3.10 bits per heavy atom. The zero-order valence-corrected chi connectivity index (χ0v) is 13.3. The number of nitrogens with one attached hydrogen (secondary N) is 1. The Hall–Kier alpha value is -1.49. The van der Waals surface area contributed by atoms with Gasteiger partial charge in [0.25, 0.3) is 0 Å². The summed E-state index contributed by atoms with van der Waals surface area (Å²) in [6, 6.07) is 8.49. The molecule has 2 heterocycles. The van der Waals surface area contributed by atoms with Crippen molar-refractivity contribution in [3.05, 3.63) is 35.7 Å². The Kier molecular flexibility index (Phi) is 4.80. The molecule has 0 aliphatic carbocycles. The molecule has 0 atom stereocenters. The van der Waals surface area contributed by atoms with Crippen LogP contribution in [0.15, 0.2) is 29.4 Å². The van der Waals surface area contributed by atoms with Gasteiger partial charge >= 0.3 is 0 Å². The SMILES string of the molecule is Cc1cccc(NCCSc2nnc3n2CCCCC3)c1. The predicted octanol–water partition coefficient (Wildman–Crippen LogP) is 3.52. The minimum absolute atomic E-state index is 0.941. The van der Waals surface area contributed by atoms with Crippen molar-refractivity contribution in [1.82, 2.24) is 14.8 Å². The summed E-state index contributed by atoms with van der Waals surface area (Å²) < 4.78 is 2.31. The van der Waals surface area contributed by atoms with E-state index < -0.39 is 0 Å². The first-order chi connectivity index (χ1) is 10.3. The second-order valence-corrected chi connectivity index (χ2v) is 6.57.